The van der Waals surface area contributed by atoms with E-state index in [0.29, 0.717) is 40.4 Å². The first-order valence-corrected chi connectivity index (χ1v) is 14.3. The van der Waals surface area contributed by atoms with E-state index < -0.39 is 17.4 Å². The van der Waals surface area contributed by atoms with Crippen molar-refractivity contribution in [2.24, 2.45) is 5.92 Å². The molecule has 1 amide bonds. The molecule has 4 N–H and O–H groups in total. The average molecular weight is 603 g/mol. The van der Waals surface area contributed by atoms with E-state index in [4.69, 9.17) is 21.1 Å². The molecule has 4 atom stereocenters. The molecule has 6 rings (SSSR count). The van der Waals surface area contributed by atoms with E-state index in [1.807, 2.05) is 0 Å². The van der Waals surface area contributed by atoms with Gasteiger partial charge in [0, 0.05) is 40.2 Å². The predicted octanol–water partition coefficient (Wildman–Crippen LogP) is 5.52. The zero-order valence-corrected chi connectivity index (χ0v) is 24.3. The fraction of sp³-hybridized carbons (Fsp3) is 0.273. The third-order valence-electron chi connectivity index (χ3n) is 8.79. The molecule has 3 heterocycles. The van der Waals surface area contributed by atoms with E-state index in [2.05, 4.69) is 10.2 Å². The standard InChI is InChI=1S/C33H31ClN2O7/c1-42-28-14-18(6-11-25(28)38)5-9-21(37)17-27(40)30-24-4-3-13-36(24)33(22-16-20(34)8-10-23(22)35-32(33)41)31(30)19-7-12-26(39)29(15-19)43-2/h5-12,14-17,24,30-31,37-39H,3-4,13H2,1-2H3,(H,35,41)/b9-5+,21-17-. The zero-order chi connectivity index (χ0) is 30.5. The maximum atomic E-state index is 14.2. The number of anilines is 1. The summed E-state index contributed by atoms with van der Waals surface area (Å²) in [7, 11) is 2.88. The molecule has 4 unspecified atom stereocenters. The van der Waals surface area contributed by atoms with E-state index >= 15 is 0 Å². The molecule has 9 nitrogen and oxygen atoms in total. The van der Waals surface area contributed by atoms with Crippen molar-refractivity contribution >= 4 is 35.1 Å². The van der Waals surface area contributed by atoms with Gasteiger partial charge in [0.15, 0.2) is 28.8 Å². The second-order valence-electron chi connectivity index (χ2n) is 11.0. The van der Waals surface area contributed by atoms with Crippen LogP contribution in [0.5, 0.6) is 23.0 Å². The van der Waals surface area contributed by atoms with Crippen LogP contribution in [0.2, 0.25) is 5.02 Å². The largest absolute Gasteiger partial charge is 0.508 e. The van der Waals surface area contributed by atoms with Crippen molar-refractivity contribution in [2.75, 3.05) is 26.1 Å². The number of methoxy groups -OCH3 is 2. The van der Waals surface area contributed by atoms with Crippen LogP contribution in [0.4, 0.5) is 5.69 Å². The molecular formula is C33H31ClN2O7. The molecule has 0 bridgehead atoms. The van der Waals surface area contributed by atoms with Gasteiger partial charge in [-0.2, -0.15) is 0 Å². The fourth-order valence-electron chi connectivity index (χ4n) is 7.10. The number of hydrogen-bond acceptors (Lipinski definition) is 8. The number of benzene rings is 3. The number of nitrogens with zero attached hydrogens (tertiary/aromatic N) is 1. The number of nitrogens with one attached hydrogen (secondary N) is 1. The van der Waals surface area contributed by atoms with Gasteiger partial charge in [0.2, 0.25) is 5.91 Å². The Kier molecular flexibility index (Phi) is 7.31. The van der Waals surface area contributed by atoms with Gasteiger partial charge in [0.05, 0.1) is 14.2 Å². The number of aromatic hydroxyl groups is 2. The van der Waals surface area contributed by atoms with Crippen molar-refractivity contribution in [2.45, 2.75) is 30.3 Å². The van der Waals surface area contributed by atoms with Gasteiger partial charge in [-0.1, -0.05) is 29.8 Å². The minimum Gasteiger partial charge on any atom is -0.508 e. The smallest absolute Gasteiger partial charge is 0.250 e. The highest BCUT2D eigenvalue weighted by atomic mass is 35.5. The van der Waals surface area contributed by atoms with Crippen molar-refractivity contribution in [3.63, 3.8) is 0 Å². The number of phenolic OH excluding ortho intramolecular Hbond substituents is 2. The number of fused-ring (bicyclic) bond motifs is 4. The van der Waals surface area contributed by atoms with Gasteiger partial charge in [-0.15, -0.1) is 0 Å². The molecule has 0 radical (unpaired) electrons. The molecule has 2 saturated heterocycles. The highest BCUT2D eigenvalue weighted by molar-refractivity contribution is 6.31. The number of rotatable bonds is 7. The van der Waals surface area contributed by atoms with Crippen LogP contribution in [0, 0.1) is 5.92 Å². The molecule has 3 aromatic carbocycles. The summed E-state index contributed by atoms with van der Waals surface area (Å²) in [4.78, 5) is 30.5. The van der Waals surface area contributed by atoms with Crippen LogP contribution in [0.15, 0.2) is 72.5 Å². The van der Waals surface area contributed by atoms with Crippen LogP contribution < -0.4 is 14.8 Å². The molecule has 222 valence electrons. The second-order valence-corrected chi connectivity index (χ2v) is 11.4. The van der Waals surface area contributed by atoms with Crippen LogP contribution in [-0.4, -0.2) is 58.7 Å². The number of halogens is 1. The summed E-state index contributed by atoms with van der Waals surface area (Å²) in [6.45, 7) is 0.595. The average Bonchev–Trinajstić information content (AvgIpc) is 3.65. The second kappa shape index (κ2) is 11.0. The number of amides is 1. The first-order valence-electron chi connectivity index (χ1n) is 13.9. The van der Waals surface area contributed by atoms with E-state index in [9.17, 15) is 24.9 Å². The number of ether oxygens (including phenoxy) is 2. The van der Waals surface area contributed by atoms with Gasteiger partial charge in [-0.3, -0.25) is 14.5 Å². The molecule has 43 heavy (non-hydrogen) atoms. The molecular weight excluding hydrogens is 572 g/mol. The lowest BCUT2D eigenvalue weighted by atomic mass is 9.69. The number of phenols is 2. The van der Waals surface area contributed by atoms with Gasteiger partial charge in [0.25, 0.3) is 0 Å². The molecule has 2 fully saturated rings. The summed E-state index contributed by atoms with van der Waals surface area (Å²) in [5.41, 5.74) is 1.37. The minimum absolute atomic E-state index is 0.0124. The number of hydrogen-bond donors (Lipinski definition) is 4. The summed E-state index contributed by atoms with van der Waals surface area (Å²) in [6.07, 6.45) is 5.68. The van der Waals surface area contributed by atoms with Crippen LogP contribution in [0.1, 0.15) is 35.4 Å². The zero-order valence-electron chi connectivity index (χ0n) is 23.6. The van der Waals surface area contributed by atoms with E-state index in [1.54, 1.807) is 48.5 Å². The Morgan fingerprint density at radius 3 is 2.51 bits per heavy atom. The Morgan fingerprint density at radius 1 is 1.05 bits per heavy atom. The molecule has 0 aromatic heterocycles. The Hall–Kier alpha value is -4.47. The summed E-state index contributed by atoms with van der Waals surface area (Å²) >= 11 is 6.47. The van der Waals surface area contributed by atoms with Gasteiger partial charge >= 0.3 is 0 Å². The lowest BCUT2D eigenvalue weighted by Crippen LogP contribution is -2.50. The number of carbonyl (C=O) groups is 2. The van der Waals surface area contributed by atoms with Crippen LogP contribution in [-0.2, 0) is 15.1 Å². The number of aliphatic hydroxyl groups excluding tert-OH is 1. The number of allylic oxidation sites excluding steroid dienone is 2. The van der Waals surface area contributed by atoms with Crippen LogP contribution in [0.25, 0.3) is 6.08 Å². The Bertz CT molecular complexity index is 1690. The van der Waals surface area contributed by atoms with E-state index in [0.717, 1.165) is 6.42 Å². The minimum atomic E-state index is -1.24. The highest BCUT2D eigenvalue weighted by Gasteiger charge is 2.68. The first kappa shape index (κ1) is 28.6. The van der Waals surface area contributed by atoms with Crippen molar-refractivity contribution in [3.05, 3.63) is 94.2 Å². The molecule has 3 aliphatic heterocycles. The first-order chi connectivity index (χ1) is 20.7. The molecule has 3 aliphatic rings. The van der Waals surface area contributed by atoms with Crippen molar-refractivity contribution < 1.29 is 34.4 Å². The topological polar surface area (TPSA) is 129 Å². The lowest BCUT2D eigenvalue weighted by molar-refractivity contribution is -0.127. The SMILES string of the molecule is COc1cc(/C=C/C(O)=C/C(=O)C2C3CCCN3C3(C(=O)Nc4ccc(Cl)cc43)C2c2ccc(O)c(OC)c2)ccc1O. The van der Waals surface area contributed by atoms with Gasteiger partial charge in [-0.05, 0) is 79.1 Å². The van der Waals surface area contributed by atoms with Crippen molar-refractivity contribution in [1.82, 2.24) is 4.90 Å². The number of ketones is 1. The van der Waals surface area contributed by atoms with Crippen LogP contribution >= 0.6 is 11.6 Å². The molecule has 10 heteroatoms. The number of aliphatic hydroxyl groups is 1. The predicted molar refractivity (Wildman–Crippen MR) is 162 cm³/mol. The molecule has 0 saturated carbocycles. The number of carbonyl (C=O) groups excluding carboxylic acids is 2. The van der Waals surface area contributed by atoms with Crippen molar-refractivity contribution in [1.29, 1.82) is 0 Å². The normalized spacial score (nSPS) is 24.8. The summed E-state index contributed by atoms with van der Waals surface area (Å²) in [5.74, 6) is -1.81. The molecule has 1 spiro atoms. The molecule has 0 aliphatic carbocycles. The quantitative estimate of drug-likeness (QED) is 0.158. The third kappa shape index (κ3) is 4.60. The monoisotopic (exact) mass is 602 g/mol. The van der Waals surface area contributed by atoms with E-state index in [-0.39, 0.29) is 46.5 Å². The Morgan fingerprint density at radius 2 is 1.77 bits per heavy atom. The Balaban J connectivity index is 1.46. The van der Waals surface area contributed by atoms with Crippen LogP contribution in [0.3, 0.4) is 0 Å². The maximum Gasteiger partial charge on any atom is 0.250 e. The van der Waals surface area contributed by atoms with Gasteiger partial charge in [0.1, 0.15) is 11.3 Å². The molecule has 3 aromatic rings. The highest BCUT2D eigenvalue weighted by Crippen LogP contribution is 2.62. The maximum absolute atomic E-state index is 14.2. The van der Waals surface area contributed by atoms with Gasteiger partial charge < -0.3 is 30.1 Å². The van der Waals surface area contributed by atoms with Crippen molar-refractivity contribution in [3.8, 4) is 23.0 Å². The Labute approximate surface area is 253 Å². The van der Waals surface area contributed by atoms with Gasteiger partial charge in [-0.25, -0.2) is 0 Å². The summed E-state index contributed by atoms with van der Waals surface area (Å²) < 4.78 is 10.6. The summed E-state index contributed by atoms with van der Waals surface area (Å²) in [6, 6.07) is 14.6. The van der Waals surface area contributed by atoms with E-state index in [1.165, 1.54) is 38.5 Å². The fourth-order valence-corrected chi connectivity index (χ4v) is 7.27. The lowest BCUT2D eigenvalue weighted by Gasteiger charge is -2.37. The summed E-state index contributed by atoms with van der Waals surface area (Å²) in [5, 5.41) is 34.6. The third-order valence-corrected chi connectivity index (χ3v) is 9.03.